The fourth-order valence-corrected chi connectivity index (χ4v) is 2.83. The van der Waals surface area contributed by atoms with Gasteiger partial charge in [0.1, 0.15) is 0 Å². The van der Waals surface area contributed by atoms with Crippen LogP contribution >= 0.6 is 0 Å². The van der Waals surface area contributed by atoms with Crippen LogP contribution in [0, 0.1) is 0 Å². The van der Waals surface area contributed by atoms with Crippen molar-refractivity contribution in [2.75, 3.05) is 0 Å². The van der Waals surface area contributed by atoms with Gasteiger partial charge in [0, 0.05) is 18.6 Å². The van der Waals surface area contributed by atoms with E-state index >= 15 is 0 Å². The van der Waals surface area contributed by atoms with Gasteiger partial charge in [0.25, 0.3) is 0 Å². The molecule has 15 heavy (non-hydrogen) atoms. The Hall–Kier alpha value is -0.940. The lowest BCUT2D eigenvalue weighted by atomic mass is 10.0. The number of nitrogens with two attached hydrogens (primary N) is 1. The number of hydrogen-bond acceptors (Lipinski definition) is 4. The Kier molecular flexibility index (Phi) is 2.21. The predicted molar refractivity (Wildman–Crippen MR) is 56.1 cm³/mol. The second-order valence-electron chi connectivity index (χ2n) is 4.66. The molecule has 2 saturated heterocycles. The number of nitrogens with one attached hydrogen (secondary N) is 1. The molecule has 0 aliphatic carbocycles. The molecular weight excluding hydrogens is 190 g/mol. The third-order valence-corrected chi connectivity index (χ3v) is 3.59. The van der Waals surface area contributed by atoms with E-state index in [1.807, 2.05) is 10.9 Å². The highest BCUT2D eigenvalue weighted by Gasteiger charge is 2.34. The Morgan fingerprint density at radius 2 is 2.13 bits per heavy atom. The quantitative estimate of drug-likeness (QED) is 0.726. The lowest BCUT2D eigenvalue weighted by Crippen LogP contribution is -2.39. The van der Waals surface area contributed by atoms with Crippen molar-refractivity contribution < 1.29 is 0 Å². The van der Waals surface area contributed by atoms with Crippen molar-refractivity contribution in [3.63, 3.8) is 0 Å². The third-order valence-electron chi connectivity index (χ3n) is 3.59. The van der Waals surface area contributed by atoms with Crippen LogP contribution in [-0.2, 0) is 6.54 Å². The lowest BCUT2D eigenvalue weighted by Gasteiger charge is -2.28. The Labute approximate surface area is 89.0 Å². The first-order valence-corrected chi connectivity index (χ1v) is 5.72. The molecular formula is C10H17N5. The van der Waals surface area contributed by atoms with Gasteiger partial charge in [-0.2, -0.15) is 0 Å². The maximum absolute atomic E-state index is 5.53. The highest BCUT2D eigenvalue weighted by atomic mass is 15.4. The summed E-state index contributed by atoms with van der Waals surface area (Å²) in [6, 6.07) is 1.91. The van der Waals surface area contributed by atoms with E-state index in [1.165, 1.54) is 25.7 Å². The minimum atomic E-state index is 0.484. The first-order chi connectivity index (χ1) is 7.35. The molecule has 0 aromatic carbocycles. The van der Waals surface area contributed by atoms with E-state index in [1.54, 1.807) is 0 Å². The molecule has 0 radical (unpaired) electrons. The molecule has 2 bridgehead atoms. The van der Waals surface area contributed by atoms with Gasteiger partial charge in [0.2, 0.25) is 0 Å². The Morgan fingerprint density at radius 1 is 1.40 bits per heavy atom. The number of rotatable bonds is 2. The molecule has 82 valence electrons. The number of fused-ring (bicyclic) bond motifs is 2. The van der Waals surface area contributed by atoms with Gasteiger partial charge in [-0.1, -0.05) is 5.21 Å². The van der Waals surface area contributed by atoms with Gasteiger partial charge in [0.05, 0.1) is 17.9 Å². The molecule has 0 spiro atoms. The molecule has 1 aromatic rings. The van der Waals surface area contributed by atoms with Crippen LogP contribution in [0.4, 0.5) is 0 Å². The molecule has 5 heteroatoms. The maximum Gasteiger partial charge on any atom is 0.0962 e. The molecule has 3 N–H and O–H groups in total. The average Bonchev–Trinajstić information content (AvgIpc) is 2.85. The van der Waals surface area contributed by atoms with Crippen LogP contribution in [0.25, 0.3) is 0 Å². The van der Waals surface area contributed by atoms with Crippen molar-refractivity contribution in [3.8, 4) is 0 Å². The molecule has 2 aliphatic rings. The Bertz CT molecular complexity index is 335. The summed E-state index contributed by atoms with van der Waals surface area (Å²) in [5.74, 6) is 0. The normalized spacial score (nSPS) is 34.6. The van der Waals surface area contributed by atoms with Crippen LogP contribution in [0.2, 0.25) is 0 Å². The number of hydrogen-bond donors (Lipinski definition) is 2. The van der Waals surface area contributed by atoms with Crippen LogP contribution in [0.15, 0.2) is 6.20 Å². The Balaban J connectivity index is 1.77. The largest absolute Gasteiger partial charge is 0.325 e. The third kappa shape index (κ3) is 1.66. The van der Waals surface area contributed by atoms with Crippen LogP contribution in [-0.4, -0.2) is 27.1 Å². The number of nitrogens with zero attached hydrogens (tertiary/aromatic N) is 3. The molecule has 3 heterocycles. The van der Waals surface area contributed by atoms with Gasteiger partial charge in [-0.05, 0) is 25.7 Å². The minimum Gasteiger partial charge on any atom is -0.325 e. The highest BCUT2D eigenvalue weighted by molar-refractivity contribution is 4.97. The monoisotopic (exact) mass is 207 g/mol. The summed E-state index contributed by atoms with van der Waals surface area (Å²) in [5, 5.41) is 11.8. The fraction of sp³-hybridized carbons (Fsp3) is 0.800. The molecule has 3 rings (SSSR count). The van der Waals surface area contributed by atoms with Crippen molar-refractivity contribution in [1.29, 1.82) is 0 Å². The minimum absolute atomic E-state index is 0.484. The van der Waals surface area contributed by atoms with Crippen molar-refractivity contribution in [2.45, 2.75) is 50.4 Å². The zero-order valence-electron chi connectivity index (χ0n) is 8.76. The summed E-state index contributed by atoms with van der Waals surface area (Å²) in [6.45, 7) is 0.484. The SMILES string of the molecule is NCc1cn(C2C[C@H]3CC[C@H](C2)N3)nn1. The summed E-state index contributed by atoms with van der Waals surface area (Å²) in [6.07, 6.45) is 7.00. The first kappa shape index (κ1) is 9.30. The van der Waals surface area contributed by atoms with E-state index in [0.717, 1.165) is 5.69 Å². The smallest absolute Gasteiger partial charge is 0.0962 e. The van der Waals surface area contributed by atoms with Crippen molar-refractivity contribution in [1.82, 2.24) is 20.3 Å². The fourth-order valence-electron chi connectivity index (χ4n) is 2.83. The molecule has 5 nitrogen and oxygen atoms in total. The van der Waals surface area contributed by atoms with Gasteiger partial charge < -0.3 is 11.1 Å². The average molecular weight is 207 g/mol. The van der Waals surface area contributed by atoms with Crippen molar-refractivity contribution in [2.24, 2.45) is 5.73 Å². The Morgan fingerprint density at radius 3 is 2.73 bits per heavy atom. The maximum atomic E-state index is 5.53. The zero-order valence-corrected chi connectivity index (χ0v) is 8.76. The lowest BCUT2D eigenvalue weighted by molar-refractivity contribution is 0.278. The van der Waals surface area contributed by atoms with E-state index in [-0.39, 0.29) is 0 Å². The van der Waals surface area contributed by atoms with Crippen molar-refractivity contribution in [3.05, 3.63) is 11.9 Å². The summed E-state index contributed by atoms with van der Waals surface area (Å²) >= 11 is 0. The standard InChI is InChI=1S/C10H17N5/c11-5-9-6-15(14-13-9)10-3-7-1-2-8(4-10)12-7/h6-8,10,12H,1-5,11H2/t7-,8-/m1/s1. The molecule has 0 amide bonds. The van der Waals surface area contributed by atoms with E-state index in [4.69, 9.17) is 5.73 Å². The molecule has 2 fully saturated rings. The second kappa shape index (κ2) is 3.57. The summed E-state index contributed by atoms with van der Waals surface area (Å²) in [4.78, 5) is 0. The zero-order chi connectivity index (χ0) is 10.3. The topological polar surface area (TPSA) is 68.8 Å². The highest BCUT2D eigenvalue weighted by Crippen LogP contribution is 2.33. The first-order valence-electron chi connectivity index (χ1n) is 5.72. The molecule has 0 saturated carbocycles. The van der Waals surface area contributed by atoms with Gasteiger partial charge in [-0.3, -0.25) is 0 Å². The van der Waals surface area contributed by atoms with Gasteiger partial charge in [-0.25, -0.2) is 4.68 Å². The second-order valence-corrected chi connectivity index (χ2v) is 4.66. The summed E-state index contributed by atoms with van der Waals surface area (Å²) in [5.41, 5.74) is 6.42. The van der Waals surface area contributed by atoms with E-state index < -0.39 is 0 Å². The molecule has 2 atom stereocenters. The van der Waals surface area contributed by atoms with Gasteiger partial charge in [0.15, 0.2) is 0 Å². The van der Waals surface area contributed by atoms with Gasteiger partial charge >= 0.3 is 0 Å². The number of piperidine rings is 1. The van der Waals surface area contributed by atoms with Gasteiger partial charge in [-0.15, -0.1) is 5.10 Å². The van der Waals surface area contributed by atoms with Crippen LogP contribution in [0.3, 0.4) is 0 Å². The number of aromatic nitrogens is 3. The van der Waals surface area contributed by atoms with E-state index in [9.17, 15) is 0 Å². The van der Waals surface area contributed by atoms with Crippen molar-refractivity contribution >= 4 is 0 Å². The van der Waals surface area contributed by atoms with Crippen LogP contribution < -0.4 is 11.1 Å². The molecule has 0 unspecified atom stereocenters. The van der Waals surface area contributed by atoms with E-state index in [0.29, 0.717) is 24.7 Å². The van der Waals surface area contributed by atoms with E-state index in [2.05, 4.69) is 15.6 Å². The molecule has 1 aromatic heterocycles. The summed E-state index contributed by atoms with van der Waals surface area (Å²) < 4.78 is 2.01. The molecule has 2 aliphatic heterocycles. The summed E-state index contributed by atoms with van der Waals surface area (Å²) in [7, 11) is 0. The van der Waals surface area contributed by atoms with Crippen LogP contribution in [0.5, 0.6) is 0 Å². The predicted octanol–water partition coefficient (Wildman–Crippen LogP) is 0.192. The van der Waals surface area contributed by atoms with Crippen LogP contribution in [0.1, 0.15) is 37.4 Å².